The fraction of sp³-hybridized carbons (Fsp3) is 0.308. The van der Waals surface area contributed by atoms with E-state index in [2.05, 4.69) is 17.2 Å². The fourth-order valence-electron chi connectivity index (χ4n) is 1.65. The molecular formula is C13H15ClN2S. The maximum absolute atomic E-state index is 5.99. The van der Waals surface area contributed by atoms with Crippen LogP contribution in [0.5, 0.6) is 0 Å². The SMILES string of the molecule is CNCCc1nc(-c2cccc(Cl)c2)sc1C. The molecule has 4 heteroatoms. The summed E-state index contributed by atoms with van der Waals surface area (Å²) in [4.78, 5) is 5.97. The quantitative estimate of drug-likeness (QED) is 0.916. The molecule has 2 rings (SSSR count). The molecular weight excluding hydrogens is 252 g/mol. The van der Waals surface area contributed by atoms with Gasteiger partial charge in [0.25, 0.3) is 0 Å². The lowest BCUT2D eigenvalue weighted by molar-refractivity contribution is 0.777. The van der Waals surface area contributed by atoms with Crippen molar-refractivity contribution in [3.63, 3.8) is 0 Å². The molecule has 0 spiro atoms. The number of hydrogen-bond donors (Lipinski definition) is 1. The minimum absolute atomic E-state index is 0.757. The van der Waals surface area contributed by atoms with E-state index in [0.29, 0.717) is 0 Å². The Morgan fingerprint density at radius 3 is 2.94 bits per heavy atom. The van der Waals surface area contributed by atoms with Crippen LogP contribution in [0.1, 0.15) is 10.6 Å². The van der Waals surface area contributed by atoms with Crippen LogP contribution in [-0.4, -0.2) is 18.6 Å². The van der Waals surface area contributed by atoms with Gasteiger partial charge < -0.3 is 5.32 Å². The molecule has 0 saturated carbocycles. The second-order valence-corrected chi connectivity index (χ2v) is 5.53. The maximum atomic E-state index is 5.99. The molecule has 1 aromatic carbocycles. The predicted octanol–water partition coefficient (Wildman–Crippen LogP) is 3.53. The number of aryl methyl sites for hydroxylation is 1. The number of hydrogen-bond acceptors (Lipinski definition) is 3. The van der Waals surface area contributed by atoms with Gasteiger partial charge in [-0.3, -0.25) is 0 Å². The standard InChI is InChI=1S/C13H15ClN2S/c1-9-12(6-7-15-2)16-13(17-9)10-4-3-5-11(14)8-10/h3-5,8,15H,6-7H2,1-2H3. The summed E-state index contributed by atoms with van der Waals surface area (Å²) in [6.45, 7) is 3.08. The Morgan fingerprint density at radius 1 is 1.41 bits per heavy atom. The highest BCUT2D eigenvalue weighted by atomic mass is 35.5. The van der Waals surface area contributed by atoms with Gasteiger partial charge in [-0.2, -0.15) is 0 Å². The number of nitrogens with zero attached hydrogens (tertiary/aromatic N) is 1. The molecule has 0 amide bonds. The van der Waals surface area contributed by atoms with Crippen LogP contribution in [0.2, 0.25) is 5.02 Å². The van der Waals surface area contributed by atoms with Crippen LogP contribution in [-0.2, 0) is 6.42 Å². The van der Waals surface area contributed by atoms with Gasteiger partial charge in [0.15, 0.2) is 0 Å². The van der Waals surface area contributed by atoms with Crippen molar-refractivity contribution in [3.8, 4) is 10.6 Å². The summed E-state index contributed by atoms with van der Waals surface area (Å²) in [5.74, 6) is 0. The van der Waals surface area contributed by atoms with Gasteiger partial charge >= 0.3 is 0 Å². The lowest BCUT2D eigenvalue weighted by Crippen LogP contribution is -2.10. The monoisotopic (exact) mass is 266 g/mol. The van der Waals surface area contributed by atoms with E-state index in [9.17, 15) is 0 Å². The molecule has 0 atom stereocenters. The number of halogens is 1. The zero-order chi connectivity index (χ0) is 12.3. The second-order valence-electron chi connectivity index (χ2n) is 3.89. The van der Waals surface area contributed by atoms with Gasteiger partial charge in [0, 0.05) is 28.4 Å². The third-order valence-corrected chi connectivity index (χ3v) is 3.87. The van der Waals surface area contributed by atoms with E-state index < -0.39 is 0 Å². The molecule has 0 saturated heterocycles. The number of nitrogens with one attached hydrogen (secondary N) is 1. The fourth-order valence-corrected chi connectivity index (χ4v) is 2.79. The Morgan fingerprint density at radius 2 is 2.24 bits per heavy atom. The number of rotatable bonds is 4. The van der Waals surface area contributed by atoms with E-state index in [4.69, 9.17) is 11.6 Å². The second kappa shape index (κ2) is 5.63. The molecule has 0 aliphatic carbocycles. The van der Waals surface area contributed by atoms with Gasteiger partial charge in [0.2, 0.25) is 0 Å². The van der Waals surface area contributed by atoms with Crippen LogP contribution >= 0.6 is 22.9 Å². The van der Waals surface area contributed by atoms with Crippen molar-refractivity contribution in [1.82, 2.24) is 10.3 Å². The summed E-state index contributed by atoms with van der Waals surface area (Å²) in [7, 11) is 1.96. The summed E-state index contributed by atoms with van der Waals surface area (Å²) < 4.78 is 0. The molecule has 1 aromatic heterocycles. The third kappa shape index (κ3) is 3.06. The van der Waals surface area contributed by atoms with Crippen LogP contribution in [0.25, 0.3) is 10.6 Å². The van der Waals surface area contributed by atoms with E-state index in [1.165, 1.54) is 10.6 Å². The third-order valence-electron chi connectivity index (χ3n) is 2.58. The minimum Gasteiger partial charge on any atom is -0.319 e. The maximum Gasteiger partial charge on any atom is 0.123 e. The summed E-state index contributed by atoms with van der Waals surface area (Å²) in [6.07, 6.45) is 0.972. The van der Waals surface area contributed by atoms with Gasteiger partial charge in [-0.25, -0.2) is 4.98 Å². The molecule has 0 bridgehead atoms. The van der Waals surface area contributed by atoms with Gasteiger partial charge in [-0.05, 0) is 26.1 Å². The molecule has 17 heavy (non-hydrogen) atoms. The first-order valence-corrected chi connectivity index (χ1v) is 6.77. The van der Waals surface area contributed by atoms with E-state index >= 15 is 0 Å². The van der Waals surface area contributed by atoms with Gasteiger partial charge in [0.1, 0.15) is 5.01 Å². The molecule has 1 heterocycles. The van der Waals surface area contributed by atoms with Crippen LogP contribution in [0, 0.1) is 6.92 Å². The van der Waals surface area contributed by atoms with Crippen LogP contribution in [0.15, 0.2) is 24.3 Å². The first kappa shape index (κ1) is 12.6. The van der Waals surface area contributed by atoms with Crippen molar-refractivity contribution >= 4 is 22.9 Å². The summed E-state index contributed by atoms with van der Waals surface area (Å²) in [6, 6.07) is 7.85. The number of likely N-dealkylation sites (N-methyl/N-ethyl adjacent to an activating group) is 1. The molecule has 90 valence electrons. The largest absolute Gasteiger partial charge is 0.319 e. The summed E-state index contributed by atoms with van der Waals surface area (Å²) >= 11 is 7.72. The van der Waals surface area contributed by atoms with Crippen LogP contribution < -0.4 is 5.32 Å². The van der Waals surface area contributed by atoms with Crippen LogP contribution in [0.4, 0.5) is 0 Å². The molecule has 0 aliphatic rings. The smallest absolute Gasteiger partial charge is 0.123 e. The first-order valence-electron chi connectivity index (χ1n) is 5.57. The number of thiazole rings is 1. The minimum atomic E-state index is 0.757. The first-order chi connectivity index (χ1) is 8.20. The Balaban J connectivity index is 2.28. The number of aromatic nitrogens is 1. The molecule has 2 nitrogen and oxygen atoms in total. The Kier molecular flexibility index (Phi) is 4.15. The molecule has 1 N–H and O–H groups in total. The van der Waals surface area contributed by atoms with E-state index in [-0.39, 0.29) is 0 Å². The lowest BCUT2D eigenvalue weighted by Gasteiger charge is -1.97. The average Bonchev–Trinajstić information content (AvgIpc) is 2.68. The topological polar surface area (TPSA) is 24.9 Å². The molecule has 0 radical (unpaired) electrons. The molecule has 0 unspecified atom stereocenters. The van der Waals surface area contributed by atoms with E-state index in [1.54, 1.807) is 11.3 Å². The van der Waals surface area contributed by atoms with E-state index in [0.717, 1.165) is 28.6 Å². The van der Waals surface area contributed by atoms with Crippen LogP contribution in [0.3, 0.4) is 0 Å². The highest BCUT2D eigenvalue weighted by Crippen LogP contribution is 2.29. The Hall–Kier alpha value is -0.900. The zero-order valence-electron chi connectivity index (χ0n) is 9.96. The zero-order valence-corrected chi connectivity index (χ0v) is 11.5. The van der Waals surface area contributed by atoms with Gasteiger partial charge in [-0.15, -0.1) is 11.3 Å². The summed E-state index contributed by atoms with van der Waals surface area (Å²) in [5, 5.41) is 4.95. The van der Waals surface area contributed by atoms with E-state index in [1.807, 2.05) is 31.3 Å². The highest BCUT2D eigenvalue weighted by molar-refractivity contribution is 7.15. The normalized spacial score (nSPS) is 10.8. The predicted molar refractivity (Wildman–Crippen MR) is 74.9 cm³/mol. The van der Waals surface area contributed by atoms with Crippen molar-refractivity contribution in [2.75, 3.05) is 13.6 Å². The van der Waals surface area contributed by atoms with Crippen molar-refractivity contribution in [1.29, 1.82) is 0 Å². The Labute approximate surface area is 111 Å². The molecule has 2 aromatic rings. The van der Waals surface area contributed by atoms with Crippen molar-refractivity contribution in [3.05, 3.63) is 39.9 Å². The Bertz CT molecular complexity index is 508. The number of benzene rings is 1. The van der Waals surface area contributed by atoms with Crippen molar-refractivity contribution in [2.24, 2.45) is 0 Å². The highest BCUT2D eigenvalue weighted by Gasteiger charge is 2.09. The van der Waals surface area contributed by atoms with Gasteiger partial charge in [-0.1, -0.05) is 23.7 Å². The summed E-state index contributed by atoms with van der Waals surface area (Å²) in [5.41, 5.74) is 2.28. The van der Waals surface area contributed by atoms with Gasteiger partial charge in [0.05, 0.1) is 5.69 Å². The van der Waals surface area contributed by atoms with Crippen molar-refractivity contribution < 1.29 is 0 Å². The molecule has 0 fully saturated rings. The van der Waals surface area contributed by atoms with Crippen molar-refractivity contribution in [2.45, 2.75) is 13.3 Å². The lowest BCUT2D eigenvalue weighted by atomic mass is 10.2. The molecule has 0 aliphatic heterocycles. The average molecular weight is 267 g/mol.